The van der Waals surface area contributed by atoms with Crippen molar-refractivity contribution in [2.24, 2.45) is 7.05 Å². The number of pyridine rings is 2. The highest BCUT2D eigenvalue weighted by Gasteiger charge is 2.30. The van der Waals surface area contributed by atoms with Crippen LogP contribution in [0.25, 0.3) is 16.6 Å². The van der Waals surface area contributed by atoms with Crippen molar-refractivity contribution in [1.82, 2.24) is 34.5 Å². The Morgan fingerprint density at radius 1 is 1.11 bits per heavy atom. The van der Waals surface area contributed by atoms with Crippen molar-refractivity contribution in [2.75, 3.05) is 36.9 Å². The summed E-state index contributed by atoms with van der Waals surface area (Å²) in [5.74, 6) is -0.578. The highest BCUT2D eigenvalue weighted by Crippen LogP contribution is 2.24. The van der Waals surface area contributed by atoms with Gasteiger partial charge in [-0.15, -0.1) is 5.10 Å². The minimum Gasteiger partial charge on any atom is -0.380 e. The number of nitrogens with zero attached hydrogens (tertiary/aromatic N) is 7. The minimum atomic E-state index is -0.422. The first-order chi connectivity index (χ1) is 18.2. The Bertz CT molecular complexity index is 1490. The molecule has 2 amide bonds. The molecule has 0 spiro atoms. The van der Waals surface area contributed by atoms with Crippen molar-refractivity contribution in [3.05, 3.63) is 54.4 Å². The van der Waals surface area contributed by atoms with Crippen LogP contribution in [0, 0.1) is 6.92 Å². The lowest BCUT2D eigenvalue weighted by atomic mass is 9.99. The molecule has 0 aliphatic carbocycles. The molecule has 1 saturated heterocycles. The summed E-state index contributed by atoms with van der Waals surface area (Å²) in [6, 6.07) is 5.39. The zero-order chi connectivity index (χ0) is 26.9. The normalized spacial score (nSPS) is 15.8. The molecule has 4 aromatic rings. The largest absolute Gasteiger partial charge is 0.380 e. The third-order valence-electron chi connectivity index (χ3n) is 6.84. The van der Waals surface area contributed by atoms with E-state index in [1.165, 1.54) is 0 Å². The number of hydrogen-bond acceptors (Lipinski definition) is 8. The number of carbonyl (C=O) groups excluding carboxylic acids is 2. The molecule has 12 nitrogen and oxygen atoms in total. The standard InChI is InChI=1S/C26H31N9O3/c1-17-21(11-20(13-27-17)29-23(36)16-34-8-10-38-9-7-26(34,2)3)30-25(37)24-22-6-5-18(15-35(22)32-31-24)19-12-28-33(4)14-19/h5-6,11-15H,7-10,16H2,1-4H3,(H,29,36)(H,30,37). The molecule has 0 atom stereocenters. The van der Waals surface area contributed by atoms with Crippen LogP contribution in [0.2, 0.25) is 0 Å². The highest BCUT2D eigenvalue weighted by molar-refractivity contribution is 6.08. The summed E-state index contributed by atoms with van der Waals surface area (Å²) in [6.45, 7) is 8.22. The first kappa shape index (κ1) is 25.5. The average molecular weight is 518 g/mol. The summed E-state index contributed by atoms with van der Waals surface area (Å²) in [7, 11) is 1.85. The number of aryl methyl sites for hydroxylation is 2. The highest BCUT2D eigenvalue weighted by atomic mass is 16.5. The van der Waals surface area contributed by atoms with Gasteiger partial charge in [0.05, 0.1) is 48.1 Å². The van der Waals surface area contributed by atoms with Gasteiger partial charge in [0.1, 0.15) is 0 Å². The molecular formula is C26H31N9O3. The minimum absolute atomic E-state index is 0.140. The van der Waals surface area contributed by atoms with E-state index in [-0.39, 0.29) is 23.7 Å². The molecule has 0 bridgehead atoms. The fourth-order valence-corrected chi connectivity index (χ4v) is 4.43. The number of ether oxygens (including phenoxy) is 1. The summed E-state index contributed by atoms with van der Waals surface area (Å²) in [5.41, 5.74) is 4.02. The molecule has 1 aliphatic heterocycles. The molecule has 0 radical (unpaired) electrons. The van der Waals surface area contributed by atoms with Crippen molar-refractivity contribution in [3.8, 4) is 11.1 Å². The van der Waals surface area contributed by atoms with E-state index in [4.69, 9.17) is 4.74 Å². The molecule has 2 N–H and O–H groups in total. The third kappa shape index (κ3) is 5.41. The Labute approximate surface area is 220 Å². The summed E-state index contributed by atoms with van der Waals surface area (Å²) in [6.07, 6.45) is 7.89. The first-order valence-electron chi connectivity index (χ1n) is 12.4. The molecule has 0 saturated carbocycles. The monoisotopic (exact) mass is 517 g/mol. The molecule has 5 rings (SSSR count). The number of anilines is 2. The molecule has 0 unspecified atom stereocenters. The number of fused-ring (bicyclic) bond motifs is 1. The van der Waals surface area contributed by atoms with Crippen LogP contribution in [-0.2, 0) is 16.6 Å². The van der Waals surface area contributed by atoms with Crippen molar-refractivity contribution in [3.63, 3.8) is 0 Å². The summed E-state index contributed by atoms with van der Waals surface area (Å²) >= 11 is 0. The van der Waals surface area contributed by atoms with Gasteiger partial charge in [-0.05, 0) is 39.3 Å². The van der Waals surface area contributed by atoms with Gasteiger partial charge in [0.2, 0.25) is 5.91 Å². The Morgan fingerprint density at radius 3 is 2.74 bits per heavy atom. The molecule has 1 aliphatic rings. The Kier molecular flexibility index (Phi) is 6.91. The van der Waals surface area contributed by atoms with E-state index in [1.54, 1.807) is 46.8 Å². The number of hydrogen-bond donors (Lipinski definition) is 2. The van der Waals surface area contributed by atoms with Crippen molar-refractivity contribution in [2.45, 2.75) is 32.7 Å². The maximum atomic E-state index is 13.1. The van der Waals surface area contributed by atoms with Crippen LogP contribution in [0.15, 0.2) is 43.0 Å². The van der Waals surface area contributed by atoms with Crippen LogP contribution in [-0.4, -0.2) is 78.1 Å². The molecule has 4 aromatic heterocycles. The van der Waals surface area contributed by atoms with Crippen molar-refractivity contribution in [1.29, 1.82) is 0 Å². The van der Waals surface area contributed by atoms with Crippen molar-refractivity contribution < 1.29 is 14.3 Å². The summed E-state index contributed by atoms with van der Waals surface area (Å²) in [4.78, 5) is 32.4. The van der Waals surface area contributed by atoms with E-state index >= 15 is 0 Å². The van der Waals surface area contributed by atoms with Gasteiger partial charge in [0, 0.05) is 49.3 Å². The van der Waals surface area contributed by atoms with Crippen LogP contribution in [0.4, 0.5) is 11.4 Å². The lowest BCUT2D eigenvalue weighted by molar-refractivity contribution is -0.118. The van der Waals surface area contributed by atoms with E-state index in [1.807, 2.05) is 19.3 Å². The molecule has 5 heterocycles. The maximum absolute atomic E-state index is 13.1. The van der Waals surface area contributed by atoms with Crippen LogP contribution in [0.5, 0.6) is 0 Å². The van der Waals surface area contributed by atoms with Gasteiger partial charge in [0.25, 0.3) is 5.91 Å². The van der Waals surface area contributed by atoms with Crippen LogP contribution in [0.1, 0.15) is 36.5 Å². The topological polar surface area (TPSA) is 132 Å². The van der Waals surface area contributed by atoms with E-state index in [2.05, 4.69) is 49.8 Å². The van der Waals surface area contributed by atoms with Gasteiger partial charge < -0.3 is 15.4 Å². The Morgan fingerprint density at radius 2 is 1.95 bits per heavy atom. The SMILES string of the molecule is Cc1ncc(NC(=O)CN2CCOCCC2(C)C)cc1NC(=O)c1nnn2cc(-c3cnn(C)c3)ccc12. The second kappa shape index (κ2) is 10.3. The Balaban J connectivity index is 1.29. The van der Waals surface area contributed by atoms with Crippen LogP contribution >= 0.6 is 0 Å². The van der Waals surface area contributed by atoms with Gasteiger partial charge in [-0.25, -0.2) is 4.52 Å². The van der Waals surface area contributed by atoms with Gasteiger partial charge in [-0.3, -0.25) is 24.2 Å². The van der Waals surface area contributed by atoms with Gasteiger partial charge in [0.15, 0.2) is 5.69 Å². The van der Waals surface area contributed by atoms with Crippen LogP contribution in [0.3, 0.4) is 0 Å². The molecule has 1 fully saturated rings. The molecule has 38 heavy (non-hydrogen) atoms. The summed E-state index contributed by atoms with van der Waals surface area (Å²) in [5, 5.41) is 18.2. The van der Waals surface area contributed by atoms with Gasteiger partial charge >= 0.3 is 0 Å². The first-order valence-corrected chi connectivity index (χ1v) is 12.4. The second-order valence-electron chi connectivity index (χ2n) is 10.0. The number of amides is 2. The van der Waals surface area contributed by atoms with E-state index in [0.717, 1.165) is 17.5 Å². The number of rotatable bonds is 6. The molecular weight excluding hydrogens is 486 g/mol. The quantitative estimate of drug-likeness (QED) is 0.399. The van der Waals surface area contributed by atoms with Gasteiger partial charge in [-0.2, -0.15) is 5.10 Å². The van der Waals surface area contributed by atoms with E-state index < -0.39 is 5.91 Å². The lowest BCUT2D eigenvalue weighted by Crippen LogP contribution is -2.48. The van der Waals surface area contributed by atoms with E-state index in [9.17, 15) is 9.59 Å². The predicted octanol–water partition coefficient (Wildman–Crippen LogP) is 2.52. The maximum Gasteiger partial charge on any atom is 0.278 e. The van der Waals surface area contributed by atoms with Crippen molar-refractivity contribution >= 4 is 28.7 Å². The fourth-order valence-electron chi connectivity index (χ4n) is 4.43. The lowest BCUT2D eigenvalue weighted by Gasteiger charge is -2.35. The zero-order valence-corrected chi connectivity index (χ0v) is 21.9. The number of carbonyl (C=O) groups is 2. The number of nitrogens with one attached hydrogen (secondary N) is 2. The summed E-state index contributed by atoms with van der Waals surface area (Å²) < 4.78 is 8.86. The smallest absolute Gasteiger partial charge is 0.278 e. The van der Waals surface area contributed by atoms with Crippen LogP contribution < -0.4 is 10.6 Å². The third-order valence-corrected chi connectivity index (χ3v) is 6.84. The fraction of sp³-hybridized carbons (Fsp3) is 0.385. The molecule has 12 heteroatoms. The molecule has 198 valence electrons. The van der Waals surface area contributed by atoms with Gasteiger partial charge in [-0.1, -0.05) is 11.3 Å². The van der Waals surface area contributed by atoms with E-state index in [0.29, 0.717) is 42.3 Å². The second-order valence-corrected chi connectivity index (χ2v) is 10.0. The number of aromatic nitrogens is 6. The zero-order valence-electron chi connectivity index (χ0n) is 21.9. The molecule has 0 aromatic carbocycles. The Hall–Kier alpha value is -4.16. The average Bonchev–Trinajstić information content (AvgIpc) is 3.46. The predicted molar refractivity (Wildman–Crippen MR) is 142 cm³/mol.